The molecule has 0 bridgehead atoms. The number of halogens is 1. The van der Waals surface area contributed by atoms with Crippen LogP contribution in [0.2, 0.25) is 5.02 Å². The highest BCUT2D eigenvalue weighted by Gasteiger charge is 2.00. The monoisotopic (exact) mass is 226 g/mol. The Morgan fingerprint density at radius 1 is 1.43 bits per heavy atom. The molecule has 0 radical (unpaired) electrons. The second-order valence-electron chi connectivity index (χ2n) is 2.76. The summed E-state index contributed by atoms with van der Waals surface area (Å²) in [4.78, 5) is 0. The highest BCUT2D eigenvalue weighted by molar-refractivity contribution is 7.09. The van der Waals surface area contributed by atoms with E-state index in [0.29, 0.717) is 5.13 Å². The molecule has 1 aromatic carbocycles. The predicted molar refractivity (Wildman–Crippen MR) is 57.2 cm³/mol. The van der Waals surface area contributed by atoms with E-state index in [-0.39, 0.29) is 0 Å². The Labute approximate surface area is 90.1 Å². The maximum absolute atomic E-state index is 5.97. The maximum Gasteiger partial charge on any atom is 0.229 e. The van der Waals surface area contributed by atoms with Crippen LogP contribution in [0.3, 0.4) is 0 Å². The molecule has 4 nitrogen and oxygen atoms in total. The molecule has 1 heterocycles. The summed E-state index contributed by atoms with van der Waals surface area (Å²) in [5, 5.41) is 11.7. The molecule has 1 N–H and O–H groups in total. The molecule has 0 atom stereocenters. The Balaban J connectivity index is 2.22. The fourth-order valence-corrected chi connectivity index (χ4v) is 1.54. The first-order valence-corrected chi connectivity index (χ1v) is 5.09. The van der Waals surface area contributed by atoms with Crippen molar-refractivity contribution in [1.29, 1.82) is 0 Å². The minimum absolute atomic E-state index is 0.657. The van der Waals surface area contributed by atoms with Crippen molar-refractivity contribution in [1.82, 2.24) is 14.8 Å². The number of hydrogen-bond donors (Lipinski definition) is 1. The molecule has 6 heteroatoms. The van der Waals surface area contributed by atoms with Crippen LogP contribution < -0.4 is 5.32 Å². The molecule has 0 saturated carbocycles. The Morgan fingerprint density at radius 3 is 2.93 bits per heavy atom. The molecule has 0 amide bonds. The van der Waals surface area contributed by atoms with Crippen LogP contribution >= 0.6 is 23.1 Å². The van der Waals surface area contributed by atoms with E-state index in [1.54, 1.807) is 0 Å². The summed E-state index contributed by atoms with van der Waals surface area (Å²) in [5.41, 5.74) is 1.94. The zero-order chi connectivity index (χ0) is 9.97. The molecular formula is C8H7ClN4S. The van der Waals surface area contributed by atoms with E-state index in [0.717, 1.165) is 16.3 Å². The van der Waals surface area contributed by atoms with E-state index in [4.69, 9.17) is 11.6 Å². The molecule has 0 fully saturated rings. The van der Waals surface area contributed by atoms with Crippen molar-refractivity contribution in [3.05, 3.63) is 28.8 Å². The first kappa shape index (κ1) is 9.36. The third-order valence-corrected chi connectivity index (χ3v) is 2.64. The standard InChI is InChI=1S/C8H7ClN4S/c1-5-2-3-6(4-7(5)9)10-8-11-12-13-14-8/h2-4H,1H3,(H,10,11,13). The zero-order valence-corrected chi connectivity index (χ0v) is 8.93. The molecular weight excluding hydrogens is 220 g/mol. The first-order valence-electron chi connectivity index (χ1n) is 3.94. The van der Waals surface area contributed by atoms with Crippen LogP contribution in [-0.4, -0.2) is 14.8 Å². The van der Waals surface area contributed by atoms with Gasteiger partial charge in [-0.15, -0.1) is 0 Å². The minimum Gasteiger partial charge on any atom is -0.329 e. The molecule has 0 aliphatic heterocycles. The first-order chi connectivity index (χ1) is 6.75. The lowest BCUT2D eigenvalue weighted by Crippen LogP contribution is -1.89. The Kier molecular flexibility index (Phi) is 2.60. The lowest BCUT2D eigenvalue weighted by atomic mass is 10.2. The number of nitrogens with zero attached hydrogens (tertiary/aromatic N) is 3. The highest BCUT2D eigenvalue weighted by Crippen LogP contribution is 2.22. The number of hydrogen-bond acceptors (Lipinski definition) is 5. The number of benzene rings is 1. The molecule has 2 aromatic rings. The fourth-order valence-electron chi connectivity index (χ4n) is 0.976. The van der Waals surface area contributed by atoms with Crippen molar-refractivity contribution in [2.24, 2.45) is 0 Å². The van der Waals surface area contributed by atoms with Crippen LogP contribution in [0, 0.1) is 6.92 Å². The van der Waals surface area contributed by atoms with Crippen LogP contribution in [0.15, 0.2) is 18.2 Å². The Hall–Kier alpha value is -1.20. The molecule has 0 unspecified atom stereocenters. The van der Waals surface area contributed by atoms with Gasteiger partial charge in [-0.05, 0) is 29.8 Å². The molecule has 0 aliphatic carbocycles. The van der Waals surface area contributed by atoms with Crippen LogP contribution in [0.5, 0.6) is 0 Å². The molecule has 1 aromatic heterocycles. The van der Waals surface area contributed by atoms with Crippen molar-refractivity contribution in [3.8, 4) is 0 Å². The Bertz CT molecular complexity index is 429. The van der Waals surface area contributed by atoms with Gasteiger partial charge >= 0.3 is 0 Å². The molecule has 14 heavy (non-hydrogen) atoms. The predicted octanol–water partition coefficient (Wildman–Crippen LogP) is 2.64. The van der Waals surface area contributed by atoms with Crippen molar-refractivity contribution < 1.29 is 0 Å². The molecule has 0 aliphatic rings. The largest absolute Gasteiger partial charge is 0.329 e. The van der Waals surface area contributed by atoms with E-state index in [1.165, 1.54) is 11.5 Å². The van der Waals surface area contributed by atoms with Gasteiger partial charge in [-0.25, -0.2) is 0 Å². The minimum atomic E-state index is 0.657. The summed E-state index contributed by atoms with van der Waals surface area (Å²) < 4.78 is 3.64. The summed E-state index contributed by atoms with van der Waals surface area (Å²) in [5.74, 6) is 0. The SMILES string of the molecule is Cc1ccc(Nc2nnns2)cc1Cl. The number of aromatic nitrogens is 3. The smallest absolute Gasteiger partial charge is 0.229 e. The molecule has 2 rings (SSSR count). The van der Waals surface area contributed by atoms with Gasteiger partial charge in [0, 0.05) is 22.2 Å². The van der Waals surface area contributed by atoms with Crippen LogP contribution in [0.1, 0.15) is 5.56 Å². The zero-order valence-electron chi connectivity index (χ0n) is 7.36. The molecule has 0 saturated heterocycles. The van der Waals surface area contributed by atoms with Crippen LogP contribution in [0.4, 0.5) is 10.8 Å². The van der Waals surface area contributed by atoms with Crippen molar-refractivity contribution >= 4 is 34.0 Å². The normalized spacial score (nSPS) is 10.1. The summed E-state index contributed by atoms with van der Waals surface area (Å²) in [7, 11) is 0. The van der Waals surface area contributed by atoms with Gasteiger partial charge in [-0.1, -0.05) is 27.3 Å². The van der Waals surface area contributed by atoms with Crippen molar-refractivity contribution in [2.45, 2.75) is 6.92 Å². The number of anilines is 2. The van der Waals surface area contributed by atoms with Crippen molar-refractivity contribution in [2.75, 3.05) is 5.32 Å². The molecule has 72 valence electrons. The van der Waals surface area contributed by atoms with Gasteiger partial charge < -0.3 is 5.32 Å². The quantitative estimate of drug-likeness (QED) is 0.856. The average Bonchev–Trinajstić information content (AvgIpc) is 2.64. The van der Waals surface area contributed by atoms with Gasteiger partial charge in [0.25, 0.3) is 0 Å². The van der Waals surface area contributed by atoms with Gasteiger partial charge in [0.1, 0.15) is 0 Å². The number of nitrogens with one attached hydrogen (secondary N) is 1. The number of rotatable bonds is 2. The van der Waals surface area contributed by atoms with Gasteiger partial charge in [0.15, 0.2) is 0 Å². The maximum atomic E-state index is 5.97. The average molecular weight is 227 g/mol. The highest BCUT2D eigenvalue weighted by atomic mass is 35.5. The summed E-state index contributed by atoms with van der Waals surface area (Å²) in [6.45, 7) is 1.96. The van der Waals surface area contributed by atoms with E-state index < -0.39 is 0 Å². The third kappa shape index (κ3) is 2.00. The van der Waals surface area contributed by atoms with E-state index >= 15 is 0 Å². The third-order valence-electron chi connectivity index (χ3n) is 1.72. The van der Waals surface area contributed by atoms with Gasteiger partial charge in [-0.2, -0.15) is 0 Å². The second kappa shape index (κ2) is 3.89. The van der Waals surface area contributed by atoms with E-state index in [1.807, 2.05) is 25.1 Å². The van der Waals surface area contributed by atoms with Crippen molar-refractivity contribution in [3.63, 3.8) is 0 Å². The van der Waals surface area contributed by atoms with Gasteiger partial charge in [-0.3, -0.25) is 0 Å². The summed E-state index contributed by atoms with van der Waals surface area (Å²) in [6.07, 6.45) is 0. The van der Waals surface area contributed by atoms with E-state index in [2.05, 4.69) is 20.1 Å². The van der Waals surface area contributed by atoms with E-state index in [9.17, 15) is 0 Å². The summed E-state index contributed by atoms with van der Waals surface area (Å²) >= 11 is 7.17. The number of aryl methyl sites for hydroxylation is 1. The summed E-state index contributed by atoms with van der Waals surface area (Å²) in [6, 6.07) is 5.72. The van der Waals surface area contributed by atoms with Crippen LogP contribution in [-0.2, 0) is 0 Å². The van der Waals surface area contributed by atoms with Gasteiger partial charge in [0.2, 0.25) is 5.13 Å². The Morgan fingerprint density at radius 2 is 2.29 bits per heavy atom. The topological polar surface area (TPSA) is 50.7 Å². The lowest BCUT2D eigenvalue weighted by Gasteiger charge is -2.03. The lowest BCUT2D eigenvalue weighted by molar-refractivity contribution is 0.961. The fraction of sp³-hybridized carbons (Fsp3) is 0.125. The second-order valence-corrected chi connectivity index (χ2v) is 3.90. The van der Waals surface area contributed by atoms with Gasteiger partial charge in [0.05, 0.1) is 0 Å². The van der Waals surface area contributed by atoms with Crippen LogP contribution in [0.25, 0.3) is 0 Å². The molecule has 0 spiro atoms.